The van der Waals surface area contributed by atoms with Crippen LogP contribution in [-0.2, 0) is 14.3 Å². The third-order valence-electron chi connectivity index (χ3n) is 11.7. The van der Waals surface area contributed by atoms with Gasteiger partial charge in [0.25, 0.3) is 0 Å². The maximum atomic E-state index is 12.4. The highest BCUT2D eigenvalue weighted by atomic mass is 16.5. The molecular weight excluding hydrogens is 731 g/mol. The Morgan fingerprint density at radius 1 is 0.475 bits per heavy atom. The molecule has 6 nitrogen and oxygen atoms in total. The van der Waals surface area contributed by atoms with Gasteiger partial charge in [-0.1, -0.05) is 217 Å². The Bertz CT molecular complexity index is 962. The quantitative estimate of drug-likeness (QED) is 0.0323. The Morgan fingerprint density at radius 3 is 1.29 bits per heavy atom. The van der Waals surface area contributed by atoms with E-state index in [-0.39, 0.29) is 18.5 Å². The van der Waals surface area contributed by atoms with Gasteiger partial charge in [-0.3, -0.25) is 9.59 Å². The second kappa shape index (κ2) is 48.7. The summed E-state index contributed by atoms with van der Waals surface area (Å²) in [4.78, 5) is 24.4. The van der Waals surface area contributed by atoms with E-state index in [1.54, 1.807) is 6.08 Å². The first-order valence-corrected chi connectivity index (χ1v) is 25.8. The molecule has 0 saturated heterocycles. The van der Waals surface area contributed by atoms with Crippen LogP contribution in [0, 0.1) is 0 Å². The lowest BCUT2D eigenvalue weighted by Crippen LogP contribution is -2.45. The minimum Gasteiger partial charge on any atom is -0.466 e. The molecule has 0 aromatic rings. The van der Waals surface area contributed by atoms with Gasteiger partial charge in [-0.05, 0) is 70.6 Å². The number of allylic oxidation sites excluding steroid dienone is 5. The minimum atomic E-state index is -0.854. The average molecular weight is 830 g/mol. The van der Waals surface area contributed by atoms with Crippen LogP contribution >= 0.6 is 0 Å². The molecule has 0 aliphatic rings. The topological polar surface area (TPSA) is 95.9 Å². The number of aliphatic hydroxyl groups excluding tert-OH is 2. The number of carbonyl (C=O) groups is 2. The molecule has 0 fully saturated rings. The second-order valence-corrected chi connectivity index (χ2v) is 17.5. The van der Waals surface area contributed by atoms with Crippen LogP contribution in [0.1, 0.15) is 264 Å². The fraction of sp³-hybridized carbons (Fsp3) is 0.849. The van der Waals surface area contributed by atoms with Crippen molar-refractivity contribution >= 4 is 11.9 Å². The second-order valence-electron chi connectivity index (χ2n) is 17.5. The third-order valence-corrected chi connectivity index (χ3v) is 11.7. The Labute approximate surface area is 366 Å². The molecule has 0 bridgehead atoms. The number of carbonyl (C=O) groups excluding carboxylic acids is 2. The number of nitrogens with one attached hydrogen (secondary N) is 1. The zero-order valence-corrected chi connectivity index (χ0v) is 39.2. The molecule has 6 heteroatoms. The average Bonchev–Trinajstić information content (AvgIpc) is 3.24. The monoisotopic (exact) mass is 830 g/mol. The highest BCUT2D eigenvalue weighted by molar-refractivity contribution is 5.76. The van der Waals surface area contributed by atoms with E-state index >= 15 is 0 Å². The van der Waals surface area contributed by atoms with E-state index in [1.165, 1.54) is 154 Å². The minimum absolute atomic E-state index is 0.0174. The molecule has 3 N–H and O–H groups in total. The molecule has 0 spiro atoms. The molecule has 346 valence electrons. The number of rotatable bonds is 47. The summed E-state index contributed by atoms with van der Waals surface area (Å²) in [6, 6.07) is -0.639. The van der Waals surface area contributed by atoms with E-state index in [0.29, 0.717) is 19.4 Å². The van der Waals surface area contributed by atoms with E-state index in [2.05, 4.69) is 43.5 Å². The van der Waals surface area contributed by atoms with Crippen molar-refractivity contribution in [2.45, 2.75) is 276 Å². The van der Waals surface area contributed by atoms with Crippen LogP contribution in [0.25, 0.3) is 0 Å². The van der Waals surface area contributed by atoms with Crippen LogP contribution < -0.4 is 5.32 Å². The molecular formula is C53H99NO5. The molecule has 0 aliphatic heterocycles. The van der Waals surface area contributed by atoms with Gasteiger partial charge >= 0.3 is 5.97 Å². The lowest BCUT2D eigenvalue weighted by Gasteiger charge is -2.20. The normalized spacial score (nSPS) is 12.9. The first-order valence-electron chi connectivity index (χ1n) is 25.8. The van der Waals surface area contributed by atoms with Crippen molar-refractivity contribution in [3.8, 4) is 0 Å². The van der Waals surface area contributed by atoms with Gasteiger partial charge in [0.1, 0.15) is 0 Å². The number of ether oxygens (including phenoxy) is 1. The summed E-state index contributed by atoms with van der Waals surface area (Å²) in [6.07, 6.45) is 58.6. The van der Waals surface area contributed by atoms with Gasteiger partial charge < -0.3 is 20.3 Å². The first kappa shape index (κ1) is 57.1. The van der Waals surface area contributed by atoms with E-state index in [4.69, 9.17) is 4.74 Å². The van der Waals surface area contributed by atoms with E-state index in [0.717, 1.165) is 83.5 Å². The molecule has 0 aromatic heterocycles. The van der Waals surface area contributed by atoms with Gasteiger partial charge in [-0.25, -0.2) is 0 Å². The number of hydrogen-bond donors (Lipinski definition) is 3. The maximum Gasteiger partial charge on any atom is 0.305 e. The molecule has 0 heterocycles. The van der Waals surface area contributed by atoms with Crippen molar-refractivity contribution in [1.82, 2.24) is 5.32 Å². The lowest BCUT2D eigenvalue weighted by molar-refractivity contribution is -0.143. The fourth-order valence-corrected chi connectivity index (χ4v) is 7.66. The van der Waals surface area contributed by atoms with Gasteiger partial charge in [0.05, 0.1) is 25.4 Å². The summed E-state index contributed by atoms with van der Waals surface area (Å²) in [5.74, 6) is -0.102. The van der Waals surface area contributed by atoms with Gasteiger partial charge in [-0.2, -0.15) is 0 Å². The SMILES string of the molecule is CCCCCCCCCCCCCC/C=C/C(O)C(CO)NC(=O)CCCCCCCCC/C=C\C/C=C\CCCCCOC(=O)CCCCCCCCCCCCC. The number of unbranched alkanes of at least 4 members (excludes halogenated alkanes) is 32. The Balaban J connectivity index is 3.55. The van der Waals surface area contributed by atoms with Gasteiger partial charge in [0.2, 0.25) is 5.91 Å². The summed E-state index contributed by atoms with van der Waals surface area (Å²) in [5.41, 5.74) is 0. The summed E-state index contributed by atoms with van der Waals surface area (Å²) in [6.45, 7) is 4.84. The van der Waals surface area contributed by atoms with E-state index in [9.17, 15) is 19.8 Å². The molecule has 0 radical (unpaired) electrons. The molecule has 0 saturated carbocycles. The Morgan fingerprint density at radius 2 is 0.847 bits per heavy atom. The van der Waals surface area contributed by atoms with Crippen LogP contribution in [-0.4, -0.2) is 47.4 Å². The molecule has 1 amide bonds. The third kappa shape index (κ3) is 45.4. The largest absolute Gasteiger partial charge is 0.466 e. The fourth-order valence-electron chi connectivity index (χ4n) is 7.66. The van der Waals surface area contributed by atoms with Crippen molar-refractivity contribution < 1.29 is 24.5 Å². The van der Waals surface area contributed by atoms with Crippen molar-refractivity contribution in [1.29, 1.82) is 0 Å². The van der Waals surface area contributed by atoms with Crippen LogP contribution in [0.2, 0.25) is 0 Å². The Kier molecular flexibility index (Phi) is 47.2. The van der Waals surface area contributed by atoms with Crippen molar-refractivity contribution in [2.75, 3.05) is 13.2 Å². The van der Waals surface area contributed by atoms with Crippen LogP contribution in [0.5, 0.6) is 0 Å². The summed E-state index contributed by atoms with van der Waals surface area (Å²) in [5, 5.41) is 23.0. The van der Waals surface area contributed by atoms with Crippen LogP contribution in [0.4, 0.5) is 0 Å². The van der Waals surface area contributed by atoms with Crippen LogP contribution in [0.15, 0.2) is 36.5 Å². The number of aliphatic hydroxyl groups is 2. The summed E-state index contributed by atoms with van der Waals surface area (Å²) in [7, 11) is 0. The zero-order valence-electron chi connectivity index (χ0n) is 39.2. The molecule has 59 heavy (non-hydrogen) atoms. The van der Waals surface area contributed by atoms with E-state index < -0.39 is 12.1 Å². The van der Waals surface area contributed by atoms with E-state index in [1.807, 2.05) is 6.08 Å². The standard InChI is InChI=1S/C53H99NO5/c1-3-5-7-9-11-13-15-16-22-26-29-33-37-41-45-51(56)50(49-55)54-52(57)46-42-38-34-30-27-23-20-18-17-19-21-24-28-32-36-40-44-48-59-53(58)47-43-39-35-31-25-14-12-10-8-6-4-2/h17,19,24,28,41,45,50-51,55-56H,3-16,18,20-23,25-27,29-40,42-44,46-49H2,1-2H3,(H,54,57)/b19-17-,28-24-,45-41+. The number of hydrogen-bond acceptors (Lipinski definition) is 5. The van der Waals surface area contributed by atoms with Gasteiger partial charge in [0.15, 0.2) is 0 Å². The molecule has 2 atom stereocenters. The molecule has 0 aliphatic carbocycles. The maximum absolute atomic E-state index is 12.4. The summed E-state index contributed by atoms with van der Waals surface area (Å²) >= 11 is 0. The van der Waals surface area contributed by atoms with Gasteiger partial charge in [-0.15, -0.1) is 0 Å². The van der Waals surface area contributed by atoms with Crippen molar-refractivity contribution in [3.63, 3.8) is 0 Å². The predicted molar refractivity (Wildman–Crippen MR) is 255 cm³/mol. The molecule has 0 rings (SSSR count). The van der Waals surface area contributed by atoms with Crippen molar-refractivity contribution in [2.24, 2.45) is 0 Å². The van der Waals surface area contributed by atoms with Crippen molar-refractivity contribution in [3.05, 3.63) is 36.5 Å². The smallest absolute Gasteiger partial charge is 0.305 e. The Hall–Kier alpha value is -1.92. The highest BCUT2D eigenvalue weighted by Crippen LogP contribution is 2.15. The number of esters is 1. The summed E-state index contributed by atoms with van der Waals surface area (Å²) < 4.78 is 5.43. The predicted octanol–water partition coefficient (Wildman–Crippen LogP) is 15.3. The van der Waals surface area contributed by atoms with Gasteiger partial charge in [0, 0.05) is 12.8 Å². The first-order chi connectivity index (χ1) is 29.0. The highest BCUT2D eigenvalue weighted by Gasteiger charge is 2.18. The number of amides is 1. The molecule has 2 unspecified atom stereocenters. The zero-order chi connectivity index (χ0) is 43.0. The molecule has 0 aromatic carbocycles. The lowest BCUT2D eigenvalue weighted by atomic mass is 10.0. The van der Waals surface area contributed by atoms with Crippen LogP contribution in [0.3, 0.4) is 0 Å².